The van der Waals surface area contributed by atoms with Gasteiger partial charge in [0.1, 0.15) is 0 Å². The highest BCUT2D eigenvalue weighted by Crippen LogP contribution is 2.19. The van der Waals surface area contributed by atoms with Gasteiger partial charge in [0.15, 0.2) is 0 Å². The van der Waals surface area contributed by atoms with Crippen molar-refractivity contribution in [2.45, 2.75) is 6.92 Å². The molecule has 0 aliphatic rings. The van der Waals surface area contributed by atoms with E-state index in [2.05, 4.69) is 11.8 Å². The van der Waals surface area contributed by atoms with Crippen LogP contribution in [0.4, 0.5) is 5.69 Å². The normalized spacial score (nSPS) is 9.87. The first-order chi connectivity index (χ1) is 7.07. The van der Waals surface area contributed by atoms with Crippen molar-refractivity contribution in [1.29, 1.82) is 0 Å². The molecule has 0 aliphatic heterocycles. The average Bonchev–Trinajstić information content (AvgIpc) is 2.27. The molecule has 0 saturated heterocycles. The molecule has 0 unspecified atom stereocenters. The van der Waals surface area contributed by atoms with E-state index < -0.39 is 0 Å². The summed E-state index contributed by atoms with van der Waals surface area (Å²) in [6, 6.07) is 7.68. The highest BCUT2D eigenvalue weighted by atomic mass is 16.2. The van der Waals surface area contributed by atoms with E-state index in [1.54, 1.807) is 19.0 Å². The van der Waals surface area contributed by atoms with Crippen molar-refractivity contribution < 1.29 is 4.79 Å². The van der Waals surface area contributed by atoms with Gasteiger partial charge < -0.3 is 9.80 Å². The lowest BCUT2D eigenvalue weighted by atomic mass is 10.1. The highest BCUT2D eigenvalue weighted by molar-refractivity contribution is 5.99. The number of hydrogen-bond donors (Lipinski definition) is 0. The quantitative estimate of drug-likeness (QED) is 0.753. The van der Waals surface area contributed by atoms with E-state index in [9.17, 15) is 4.79 Å². The van der Waals surface area contributed by atoms with Crippen LogP contribution in [-0.4, -0.2) is 38.5 Å². The first kappa shape index (κ1) is 11.6. The molecule has 0 spiro atoms. The van der Waals surface area contributed by atoms with Crippen LogP contribution < -0.4 is 4.90 Å². The topological polar surface area (TPSA) is 23.6 Å². The van der Waals surface area contributed by atoms with Crippen LogP contribution in [0.2, 0.25) is 0 Å². The zero-order valence-electron chi connectivity index (χ0n) is 9.82. The third-order valence-corrected chi connectivity index (χ3v) is 2.43. The van der Waals surface area contributed by atoms with Gasteiger partial charge in [-0.1, -0.05) is 12.1 Å². The van der Waals surface area contributed by atoms with E-state index in [1.165, 1.54) is 0 Å². The molecule has 1 rings (SSSR count). The van der Waals surface area contributed by atoms with Crippen LogP contribution in [0.1, 0.15) is 17.3 Å². The van der Waals surface area contributed by atoms with Gasteiger partial charge in [-0.3, -0.25) is 4.79 Å². The summed E-state index contributed by atoms with van der Waals surface area (Å²) >= 11 is 0. The minimum absolute atomic E-state index is 0.0471. The lowest BCUT2D eigenvalue weighted by Gasteiger charge is -2.21. The molecule has 0 fully saturated rings. The van der Waals surface area contributed by atoms with Gasteiger partial charge in [0.2, 0.25) is 0 Å². The Morgan fingerprint density at radius 2 is 1.80 bits per heavy atom. The summed E-state index contributed by atoms with van der Waals surface area (Å²) in [6.45, 7) is 2.95. The average molecular weight is 206 g/mol. The zero-order chi connectivity index (χ0) is 11.4. The lowest BCUT2D eigenvalue weighted by Crippen LogP contribution is -2.25. The van der Waals surface area contributed by atoms with Crippen LogP contribution in [-0.2, 0) is 0 Å². The smallest absolute Gasteiger partial charge is 0.255 e. The summed E-state index contributed by atoms with van der Waals surface area (Å²) in [5, 5.41) is 0. The maximum Gasteiger partial charge on any atom is 0.255 e. The summed E-state index contributed by atoms with van der Waals surface area (Å²) in [6.07, 6.45) is 0. The molecular formula is C12H18N2O. The Balaban J connectivity index is 3.12. The Hall–Kier alpha value is -1.51. The molecule has 0 saturated carbocycles. The number of para-hydroxylation sites is 1. The standard InChI is InChI=1S/C12H18N2O/c1-5-14(4)11-9-7-6-8-10(11)12(15)13(2)3/h6-9H,5H2,1-4H3. The predicted octanol–water partition coefficient (Wildman–Crippen LogP) is 1.84. The van der Waals surface area contributed by atoms with E-state index in [0.717, 1.165) is 17.8 Å². The monoisotopic (exact) mass is 206 g/mol. The Bertz CT molecular complexity index is 347. The summed E-state index contributed by atoms with van der Waals surface area (Å²) in [5.41, 5.74) is 1.74. The summed E-state index contributed by atoms with van der Waals surface area (Å²) in [4.78, 5) is 15.6. The Labute approximate surface area is 91.3 Å². The van der Waals surface area contributed by atoms with Gasteiger partial charge in [0.25, 0.3) is 5.91 Å². The summed E-state index contributed by atoms with van der Waals surface area (Å²) < 4.78 is 0. The molecule has 1 amide bonds. The zero-order valence-corrected chi connectivity index (χ0v) is 9.82. The molecule has 0 heterocycles. The lowest BCUT2D eigenvalue weighted by molar-refractivity contribution is 0.0828. The van der Waals surface area contributed by atoms with E-state index in [-0.39, 0.29) is 5.91 Å². The molecule has 3 heteroatoms. The van der Waals surface area contributed by atoms with Crippen molar-refractivity contribution in [3.8, 4) is 0 Å². The number of rotatable bonds is 3. The second-order valence-electron chi connectivity index (χ2n) is 3.73. The molecule has 15 heavy (non-hydrogen) atoms. The molecule has 0 aliphatic carbocycles. The second-order valence-corrected chi connectivity index (χ2v) is 3.73. The fourth-order valence-electron chi connectivity index (χ4n) is 1.40. The Morgan fingerprint density at radius 3 is 2.33 bits per heavy atom. The van der Waals surface area contributed by atoms with Crippen LogP contribution in [0, 0.1) is 0 Å². The number of carbonyl (C=O) groups is 1. The van der Waals surface area contributed by atoms with Gasteiger partial charge in [-0.25, -0.2) is 0 Å². The van der Waals surface area contributed by atoms with Crippen molar-refractivity contribution in [2.24, 2.45) is 0 Å². The summed E-state index contributed by atoms with van der Waals surface area (Å²) in [7, 11) is 5.53. The van der Waals surface area contributed by atoms with Crippen LogP contribution in [0.25, 0.3) is 0 Å². The molecule has 1 aromatic carbocycles. The maximum absolute atomic E-state index is 11.9. The molecule has 3 nitrogen and oxygen atoms in total. The van der Waals surface area contributed by atoms with Gasteiger partial charge in [-0.15, -0.1) is 0 Å². The van der Waals surface area contributed by atoms with E-state index in [1.807, 2.05) is 31.3 Å². The molecule has 0 N–H and O–H groups in total. The van der Waals surface area contributed by atoms with Crippen molar-refractivity contribution in [2.75, 3.05) is 32.6 Å². The number of carbonyl (C=O) groups excluding carboxylic acids is 1. The number of benzene rings is 1. The van der Waals surface area contributed by atoms with Crippen LogP contribution in [0.5, 0.6) is 0 Å². The van der Waals surface area contributed by atoms with Crippen LogP contribution in [0.3, 0.4) is 0 Å². The molecule has 0 bridgehead atoms. The minimum Gasteiger partial charge on any atom is -0.374 e. The fourth-order valence-corrected chi connectivity index (χ4v) is 1.40. The van der Waals surface area contributed by atoms with E-state index in [4.69, 9.17) is 0 Å². The van der Waals surface area contributed by atoms with Crippen molar-refractivity contribution in [1.82, 2.24) is 4.90 Å². The first-order valence-corrected chi connectivity index (χ1v) is 5.09. The number of hydrogen-bond acceptors (Lipinski definition) is 2. The van der Waals surface area contributed by atoms with Crippen molar-refractivity contribution in [3.05, 3.63) is 29.8 Å². The van der Waals surface area contributed by atoms with Gasteiger partial charge in [-0.2, -0.15) is 0 Å². The number of nitrogens with zero attached hydrogens (tertiary/aromatic N) is 2. The number of amides is 1. The highest BCUT2D eigenvalue weighted by Gasteiger charge is 2.14. The Morgan fingerprint density at radius 1 is 1.20 bits per heavy atom. The van der Waals surface area contributed by atoms with Crippen molar-refractivity contribution >= 4 is 11.6 Å². The molecular weight excluding hydrogens is 188 g/mol. The first-order valence-electron chi connectivity index (χ1n) is 5.09. The van der Waals surface area contributed by atoms with Crippen LogP contribution in [0.15, 0.2) is 24.3 Å². The van der Waals surface area contributed by atoms with Gasteiger partial charge >= 0.3 is 0 Å². The van der Waals surface area contributed by atoms with E-state index >= 15 is 0 Å². The molecule has 0 atom stereocenters. The van der Waals surface area contributed by atoms with E-state index in [0.29, 0.717) is 0 Å². The predicted molar refractivity (Wildman–Crippen MR) is 63.4 cm³/mol. The Kier molecular flexibility index (Phi) is 3.72. The number of anilines is 1. The summed E-state index contributed by atoms with van der Waals surface area (Å²) in [5.74, 6) is 0.0471. The van der Waals surface area contributed by atoms with Gasteiger partial charge in [0.05, 0.1) is 5.56 Å². The molecule has 0 aromatic heterocycles. The SMILES string of the molecule is CCN(C)c1ccccc1C(=O)N(C)C. The minimum atomic E-state index is 0.0471. The largest absolute Gasteiger partial charge is 0.374 e. The van der Waals surface area contributed by atoms with Crippen molar-refractivity contribution in [3.63, 3.8) is 0 Å². The third kappa shape index (κ3) is 2.49. The molecule has 82 valence electrons. The third-order valence-electron chi connectivity index (χ3n) is 2.43. The van der Waals surface area contributed by atoms with Gasteiger partial charge in [0, 0.05) is 33.4 Å². The molecule has 0 radical (unpaired) electrons. The molecule has 1 aromatic rings. The fraction of sp³-hybridized carbons (Fsp3) is 0.417. The van der Waals surface area contributed by atoms with Gasteiger partial charge in [-0.05, 0) is 19.1 Å². The second kappa shape index (κ2) is 4.82. The maximum atomic E-state index is 11.9. The van der Waals surface area contributed by atoms with Crippen LogP contribution >= 0.6 is 0 Å².